The fraction of sp³-hybridized carbons (Fsp3) is 0.308. The molecule has 0 amide bonds. The molecule has 0 aromatic heterocycles. The van der Waals surface area contributed by atoms with Crippen molar-refractivity contribution in [3.05, 3.63) is 27.3 Å². The first-order chi connectivity index (χ1) is 9.76. The molecular formula is C13H15IO6S. The van der Waals surface area contributed by atoms with Crippen LogP contribution in [0.25, 0.3) is 6.08 Å². The lowest BCUT2D eigenvalue weighted by molar-refractivity contribution is -0.137. The Kier molecular flexibility index (Phi) is 6.46. The molecule has 8 heteroatoms. The number of methoxy groups -OCH3 is 1. The molecule has 0 heterocycles. The van der Waals surface area contributed by atoms with Gasteiger partial charge in [0.15, 0.2) is 11.5 Å². The summed E-state index contributed by atoms with van der Waals surface area (Å²) in [4.78, 5) is 11.3. The third-order valence-electron chi connectivity index (χ3n) is 2.18. The first kappa shape index (κ1) is 17.8. The van der Waals surface area contributed by atoms with E-state index in [1.165, 1.54) is 13.2 Å². The van der Waals surface area contributed by atoms with E-state index in [1.54, 1.807) is 25.1 Å². The van der Waals surface area contributed by atoms with Crippen molar-refractivity contribution in [1.29, 1.82) is 0 Å². The molecule has 0 saturated heterocycles. The molecule has 0 aliphatic carbocycles. The third kappa shape index (κ3) is 5.92. The highest BCUT2D eigenvalue weighted by Crippen LogP contribution is 2.35. The molecule has 1 rings (SSSR count). The van der Waals surface area contributed by atoms with Crippen LogP contribution in [0.5, 0.6) is 11.5 Å². The van der Waals surface area contributed by atoms with E-state index >= 15 is 0 Å². The number of benzene rings is 1. The molecule has 0 aliphatic heterocycles. The Labute approximate surface area is 137 Å². The van der Waals surface area contributed by atoms with Crippen molar-refractivity contribution < 1.29 is 26.9 Å². The Morgan fingerprint density at radius 1 is 1.38 bits per heavy atom. The molecule has 0 N–H and O–H groups in total. The third-order valence-corrected chi connectivity index (χ3v) is 3.46. The Hall–Kier alpha value is -1.29. The monoisotopic (exact) mass is 426 g/mol. The fourth-order valence-corrected chi connectivity index (χ4v) is 2.78. The van der Waals surface area contributed by atoms with Crippen molar-refractivity contribution in [3.63, 3.8) is 0 Å². The molecule has 0 fully saturated rings. The van der Waals surface area contributed by atoms with Crippen LogP contribution < -0.4 is 8.92 Å². The standard InChI is InChI=1S/C13H15IO6S/c1-4-19-12(15)6-5-9-7-10(14)13(11(8-9)18-2)20-21(3,16)17/h5-8H,4H2,1-3H3/b6-5+. The van der Waals surface area contributed by atoms with Gasteiger partial charge in [0.25, 0.3) is 0 Å². The van der Waals surface area contributed by atoms with Gasteiger partial charge in [-0.1, -0.05) is 0 Å². The highest BCUT2D eigenvalue weighted by molar-refractivity contribution is 14.1. The molecule has 21 heavy (non-hydrogen) atoms. The molecular weight excluding hydrogens is 411 g/mol. The summed E-state index contributed by atoms with van der Waals surface area (Å²) in [6.45, 7) is 2.01. The van der Waals surface area contributed by atoms with E-state index in [2.05, 4.69) is 0 Å². The first-order valence-corrected chi connectivity index (χ1v) is 8.78. The lowest BCUT2D eigenvalue weighted by Crippen LogP contribution is -2.08. The quantitative estimate of drug-likeness (QED) is 0.301. The predicted octanol–water partition coefficient (Wildman–Crippen LogP) is 2.21. The molecule has 0 saturated carbocycles. The number of hydrogen-bond donors (Lipinski definition) is 0. The van der Waals surface area contributed by atoms with Crippen LogP contribution in [0.3, 0.4) is 0 Å². The van der Waals surface area contributed by atoms with Crippen LogP contribution in [-0.4, -0.2) is 34.4 Å². The van der Waals surface area contributed by atoms with E-state index in [9.17, 15) is 13.2 Å². The van der Waals surface area contributed by atoms with E-state index < -0.39 is 16.1 Å². The molecule has 0 unspecified atom stereocenters. The van der Waals surface area contributed by atoms with Gasteiger partial charge >= 0.3 is 16.1 Å². The average molecular weight is 426 g/mol. The van der Waals surface area contributed by atoms with Crippen LogP contribution in [0.2, 0.25) is 0 Å². The second-order valence-corrected chi connectivity index (χ2v) is 6.64. The number of carbonyl (C=O) groups excluding carboxylic acids is 1. The summed E-state index contributed by atoms with van der Waals surface area (Å²) in [7, 11) is -2.25. The second kappa shape index (κ2) is 7.64. The van der Waals surface area contributed by atoms with E-state index in [4.69, 9.17) is 13.7 Å². The van der Waals surface area contributed by atoms with Gasteiger partial charge in [0, 0.05) is 6.08 Å². The Morgan fingerprint density at radius 3 is 2.57 bits per heavy atom. The zero-order chi connectivity index (χ0) is 16.0. The Bertz CT molecular complexity index is 651. The Morgan fingerprint density at radius 2 is 2.05 bits per heavy atom. The highest BCUT2D eigenvalue weighted by Gasteiger charge is 2.15. The van der Waals surface area contributed by atoms with Crippen molar-refractivity contribution >= 4 is 44.8 Å². The summed E-state index contributed by atoms with van der Waals surface area (Å²) in [5.74, 6) is -0.0762. The van der Waals surface area contributed by atoms with Gasteiger partial charge in [0.1, 0.15) is 0 Å². The van der Waals surface area contributed by atoms with Crippen LogP contribution in [0, 0.1) is 3.57 Å². The van der Waals surface area contributed by atoms with Crippen LogP contribution in [-0.2, 0) is 19.6 Å². The maximum absolute atomic E-state index is 11.3. The average Bonchev–Trinajstić information content (AvgIpc) is 2.38. The van der Waals surface area contributed by atoms with Crippen LogP contribution >= 0.6 is 22.6 Å². The molecule has 0 aliphatic rings. The van der Waals surface area contributed by atoms with Crippen molar-refractivity contribution in [3.8, 4) is 11.5 Å². The van der Waals surface area contributed by atoms with Crippen LogP contribution in [0.15, 0.2) is 18.2 Å². The van der Waals surface area contributed by atoms with Gasteiger partial charge in [0.2, 0.25) is 0 Å². The Balaban J connectivity index is 3.12. The lowest BCUT2D eigenvalue weighted by atomic mass is 10.2. The molecule has 0 atom stereocenters. The van der Waals surface area contributed by atoms with Crippen molar-refractivity contribution in [2.24, 2.45) is 0 Å². The van der Waals surface area contributed by atoms with Gasteiger partial charge in [-0.05, 0) is 53.3 Å². The first-order valence-electron chi connectivity index (χ1n) is 5.88. The van der Waals surface area contributed by atoms with Crippen molar-refractivity contribution in [2.75, 3.05) is 20.0 Å². The molecule has 0 bridgehead atoms. The molecule has 0 radical (unpaired) electrons. The SMILES string of the molecule is CCOC(=O)/C=C/c1cc(I)c(OS(C)(=O)=O)c(OC)c1. The van der Waals surface area contributed by atoms with Crippen LogP contribution in [0.4, 0.5) is 0 Å². The number of ether oxygens (including phenoxy) is 2. The summed E-state index contributed by atoms with van der Waals surface area (Å²) in [5.41, 5.74) is 0.658. The fourth-order valence-electron chi connectivity index (χ4n) is 1.42. The summed E-state index contributed by atoms with van der Waals surface area (Å²) >= 11 is 1.93. The van der Waals surface area contributed by atoms with Crippen LogP contribution in [0.1, 0.15) is 12.5 Å². The number of halogens is 1. The topological polar surface area (TPSA) is 78.9 Å². The summed E-state index contributed by atoms with van der Waals surface area (Å²) in [6, 6.07) is 3.23. The minimum Gasteiger partial charge on any atom is -0.493 e. The zero-order valence-corrected chi connectivity index (χ0v) is 14.7. The predicted molar refractivity (Wildman–Crippen MR) is 86.8 cm³/mol. The zero-order valence-electron chi connectivity index (χ0n) is 11.8. The molecule has 1 aromatic rings. The van der Waals surface area contributed by atoms with Gasteiger partial charge < -0.3 is 13.7 Å². The van der Waals surface area contributed by atoms with Gasteiger partial charge in [-0.25, -0.2) is 4.79 Å². The number of rotatable bonds is 6. The van der Waals surface area contributed by atoms with Gasteiger partial charge in [0.05, 0.1) is 23.5 Å². The van der Waals surface area contributed by atoms with Gasteiger partial charge in [-0.3, -0.25) is 0 Å². The maximum Gasteiger partial charge on any atom is 0.330 e. The summed E-state index contributed by atoms with van der Waals surface area (Å²) in [5, 5.41) is 0. The number of esters is 1. The summed E-state index contributed by atoms with van der Waals surface area (Å²) in [6.07, 6.45) is 3.79. The molecule has 1 aromatic carbocycles. The number of hydrogen-bond acceptors (Lipinski definition) is 6. The molecule has 116 valence electrons. The lowest BCUT2D eigenvalue weighted by Gasteiger charge is -2.11. The van der Waals surface area contributed by atoms with E-state index in [0.29, 0.717) is 15.7 Å². The van der Waals surface area contributed by atoms with Gasteiger partial charge in [-0.15, -0.1) is 0 Å². The largest absolute Gasteiger partial charge is 0.493 e. The minimum atomic E-state index is -3.66. The van der Waals surface area contributed by atoms with Gasteiger partial charge in [-0.2, -0.15) is 8.42 Å². The maximum atomic E-state index is 11.3. The van der Waals surface area contributed by atoms with E-state index in [0.717, 1.165) is 6.26 Å². The van der Waals surface area contributed by atoms with E-state index in [-0.39, 0.29) is 11.5 Å². The van der Waals surface area contributed by atoms with E-state index in [1.807, 2.05) is 22.6 Å². The summed E-state index contributed by atoms with van der Waals surface area (Å²) < 4.78 is 37.8. The smallest absolute Gasteiger partial charge is 0.330 e. The molecule has 6 nitrogen and oxygen atoms in total. The minimum absolute atomic E-state index is 0.119. The normalized spacial score (nSPS) is 11.4. The highest BCUT2D eigenvalue weighted by atomic mass is 127. The second-order valence-electron chi connectivity index (χ2n) is 3.91. The van der Waals surface area contributed by atoms with Crippen molar-refractivity contribution in [1.82, 2.24) is 0 Å². The van der Waals surface area contributed by atoms with Crippen molar-refractivity contribution in [2.45, 2.75) is 6.92 Å². The number of carbonyl (C=O) groups is 1. The molecule has 0 spiro atoms.